The van der Waals surface area contributed by atoms with Gasteiger partial charge in [-0.1, -0.05) is 30.3 Å². The average molecular weight is 426 g/mol. The first-order valence-corrected chi connectivity index (χ1v) is 9.44. The van der Waals surface area contributed by atoms with E-state index in [0.29, 0.717) is 22.0 Å². The molecule has 1 aromatic heterocycles. The number of benzene rings is 2. The van der Waals surface area contributed by atoms with Crippen LogP contribution >= 0.6 is 0 Å². The summed E-state index contributed by atoms with van der Waals surface area (Å²) < 4.78 is 14.3. The average Bonchev–Trinajstić information content (AvgIpc) is 2.72. The Morgan fingerprint density at radius 2 is 1.74 bits per heavy atom. The molecule has 0 radical (unpaired) electrons. The Bertz CT molecular complexity index is 1220. The highest BCUT2D eigenvalue weighted by molar-refractivity contribution is 5.87. The number of carboxylic acid groups (broad SMARTS) is 2. The second kappa shape index (κ2) is 9.29. The highest BCUT2D eigenvalue weighted by Gasteiger charge is 2.24. The van der Waals surface area contributed by atoms with Crippen LogP contribution in [-0.2, 0) is 27.2 Å². The Balaban J connectivity index is 1.80. The third-order valence-electron chi connectivity index (χ3n) is 4.89. The van der Waals surface area contributed by atoms with Gasteiger partial charge in [0.25, 0.3) is 5.56 Å². The molecule has 9 heteroatoms. The lowest BCUT2D eigenvalue weighted by Crippen LogP contribution is -2.22. The quantitative estimate of drug-likeness (QED) is 0.477. The number of nitrogens with zero attached hydrogens (tertiary/aromatic N) is 1. The zero-order chi connectivity index (χ0) is 22.5. The molecule has 0 fully saturated rings. The van der Waals surface area contributed by atoms with E-state index in [1.165, 1.54) is 18.2 Å². The summed E-state index contributed by atoms with van der Waals surface area (Å²) in [5.41, 5.74) is 0.982. The van der Waals surface area contributed by atoms with Crippen LogP contribution < -0.4 is 5.56 Å². The molecule has 1 heterocycles. The molecule has 0 amide bonds. The van der Waals surface area contributed by atoms with Crippen LogP contribution in [0.15, 0.2) is 47.3 Å². The fourth-order valence-corrected chi connectivity index (χ4v) is 3.39. The van der Waals surface area contributed by atoms with Crippen molar-refractivity contribution in [3.8, 4) is 0 Å². The van der Waals surface area contributed by atoms with Crippen LogP contribution in [0.5, 0.6) is 0 Å². The fraction of sp³-hybridized carbons (Fsp3) is 0.227. The lowest BCUT2D eigenvalue weighted by molar-refractivity contribution is -0.149. The van der Waals surface area contributed by atoms with E-state index < -0.39 is 42.3 Å². The Kier molecular flexibility index (Phi) is 6.54. The fourth-order valence-electron chi connectivity index (χ4n) is 3.39. The number of ketones is 1. The van der Waals surface area contributed by atoms with Gasteiger partial charge in [-0.25, -0.2) is 9.49 Å². The lowest BCUT2D eigenvalue weighted by Gasteiger charge is -2.11. The number of H-pyrrole nitrogens is 1. The first-order chi connectivity index (χ1) is 14.7. The largest absolute Gasteiger partial charge is 0.481 e. The van der Waals surface area contributed by atoms with Crippen LogP contribution in [0.3, 0.4) is 0 Å². The molecule has 0 spiro atoms. The van der Waals surface area contributed by atoms with Gasteiger partial charge in [-0.3, -0.25) is 19.2 Å². The van der Waals surface area contributed by atoms with Gasteiger partial charge in [-0.2, -0.15) is 5.10 Å². The summed E-state index contributed by atoms with van der Waals surface area (Å²) >= 11 is 0. The normalized spacial score (nSPS) is 11.9. The molecule has 3 rings (SSSR count). The van der Waals surface area contributed by atoms with Crippen molar-refractivity contribution in [2.24, 2.45) is 5.92 Å². The summed E-state index contributed by atoms with van der Waals surface area (Å²) in [4.78, 5) is 46.1. The molecular weight excluding hydrogens is 407 g/mol. The summed E-state index contributed by atoms with van der Waals surface area (Å²) in [5.74, 6) is -5.28. The topological polar surface area (TPSA) is 137 Å². The van der Waals surface area contributed by atoms with E-state index >= 15 is 0 Å². The van der Waals surface area contributed by atoms with Crippen molar-refractivity contribution in [2.45, 2.75) is 25.7 Å². The van der Waals surface area contributed by atoms with Gasteiger partial charge < -0.3 is 10.2 Å². The maximum absolute atomic E-state index is 14.3. The number of fused-ring (bicyclic) bond motifs is 1. The van der Waals surface area contributed by atoms with Gasteiger partial charge in [-0.15, -0.1) is 0 Å². The smallest absolute Gasteiger partial charge is 0.307 e. The van der Waals surface area contributed by atoms with E-state index in [2.05, 4.69) is 10.2 Å². The van der Waals surface area contributed by atoms with E-state index in [1.54, 1.807) is 24.3 Å². The Labute approximate surface area is 175 Å². The number of Topliss-reactive ketones (excluding diaryl/α,β-unsaturated/α-hetero) is 1. The van der Waals surface area contributed by atoms with Crippen LogP contribution in [0.25, 0.3) is 10.8 Å². The highest BCUT2D eigenvalue weighted by atomic mass is 19.1. The maximum atomic E-state index is 14.3. The standard InChI is InChI=1S/C22H19FN2O6/c23-18-6-5-12(8-19-16-3-1-2-4-17(16)21(29)25-24-19)7-13(18)9-15(26)10-14(22(30)31)11-20(27)28/h1-7,14H,8-11H2,(H,25,29)(H,27,28)(H,30,31). The van der Waals surface area contributed by atoms with Crippen molar-refractivity contribution in [2.75, 3.05) is 0 Å². The number of hydrogen-bond donors (Lipinski definition) is 3. The van der Waals surface area contributed by atoms with E-state index in [9.17, 15) is 23.6 Å². The minimum Gasteiger partial charge on any atom is -0.481 e. The SMILES string of the molecule is O=C(O)CC(CC(=O)Cc1cc(Cc2n[nH]c(=O)c3ccccc23)ccc1F)C(=O)O. The predicted molar refractivity (Wildman–Crippen MR) is 108 cm³/mol. The number of aromatic nitrogens is 2. The summed E-state index contributed by atoms with van der Waals surface area (Å²) in [6.07, 6.45) is -1.27. The number of rotatable bonds is 9. The molecule has 1 atom stereocenters. The molecule has 31 heavy (non-hydrogen) atoms. The number of halogens is 1. The Morgan fingerprint density at radius 3 is 2.42 bits per heavy atom. The van der Waals surface area contributed by atoms with E-state index in [-0.39, 0.29) is 24.0 Å². The Hall–Kier alpha value is -3.88. The number of aliphatic carboxylic acids is 2. The third-order valence-corrected chi connectivity index (χ3v) is 4.89. The first-order valence-electron chi connectivity index (χ1n) is 9.44. The molecule has 0 bridgehead atoms. The number of nitrogens with one attached hydrogen (secondary N) is 1. The van der Waals surface area contributed by atoms with E-state index in [4.69, 9.17) is 10.2 Å². The summed E-state index contributed by atoms with van der Waals surface area (Å²) in [7, 11) is 0. The number of carbonyl (C=O) groups is 3. The molecule has 0 aliphatic heterocycles. The van der Waals surface area contributed by atoms with Crippen molar-refractivity contribution >= 4 is 28.5 Å². The molecule has 3 N–H and O–H groups in total. The third kappa shape index (κ3) is 5.39. The first kappa shape index (κ1) is 21.8. The van der Waals surface area contributed by atoms with Gasteiger partial charge in [0, 0.05) is 24.6 Å². The molecule has 0 aliphatic carbocycles. The van der Waals surface area contributed by atoms with Gasteiger partial charge in [0.1, 0.15) is 11.6 Å². The van der Waals surface area contributed by atoms with Crippen molar-refractivity contribution in [3.63, 3.8) is 0 Å². The highest BCUT2D eigenvalue weighted by Crippen LogP contribution is 2.20. The van der Waals surface area contributed by atoms with Gasteiger partial charge in [0.05, 0.1) is 23.4 Å². The molecule has 160 valence electrons. The molecule has 0 aliphatic rings. The van der Waals surface area contributed by atoms with Crippen LogP contribution in [0.4, 0.5) is 4.39 Å². The summed E-state index contributed by atoms with van der Waals surface area (Å²) in [6, 6.07) is 11.2. The van der Waals surface area contributed by atoms with Crippen LogP contribution in [0, 0.1) is 11.7 Å². The van der Waals surface area contributed by atoms with E-state index in [1.807, 2.05) is 0 Å². The number of carbonyl (C=O) groups excluding carboxylic acids is 1. The molecule has 1 unspecified atom stereocenters. The van der Waals surface area contributed by atoms with Gasteiger partial charge in [-0.05, 0) is 23.3 Å². The lowest BCUT2D eigenvalue weighted by atomic mass is 9.94. The molecule has 2 aromatic carbocycles. The molecule has 0 saturated carbocycles. The van der Waals surface area contributed by atoms with Crippen molar-refractivity contribution in [1.29, 1.82) is 0 Å². The second-order valence-corrected chi connectivity index (χ2v) is 7.20. The number of aromatic amines is 1. The summed E-state index contributed by atoms with van der Waals surface area (Å²) in [6.45, 7) is 0. The zero-order valence-electron chi connectivity index (χ0n) is 16.3. The molecule has 0 saturated heterocycles. The predicted octanol–water partition coefficient (Wildman–Crippen LogP) is 2.33. The van der Waals surface area contributed by atoms with Crippen molar-refractivity contribution in [3.05, 3.63) is 75.5 Å². The van der Waals surface area contributed by atoms with Crippen LogP contribution in [0.1, 0.15) is 29.7 Å². The Morgan fingerprint density at radius 1 is 1.03 bits per heavy atom. The van der Waals surface area contributed by atoms with Crippen LogP contribution in [-0.4, -0.2) is 38.1 Å². The van der Waals surface area contributed by atoms with E-state index in [0.717, 1.165) is 0 Å². The van der Waals surface area contributed by atoms with Gasteiger partial charge in [0.2, 0.25) is 0 Å². The van der Waals surface area contributed by atoms with Crippen LogP contribution in [0.2, 0.25) is 0 Å². The maximum Gasteiger partial charge on any atom is 0.307 e. The second-order valence-electron chi connectivity index (χ2n) is 7.20. The molecule has 8 nitrogen and oxygen atoms in total. The van der Waals surface area contributed by atoms with Crippen molar-refractivity contribution < 1.29 is 29.0 Å². The van der Waals surface area contributed by atoms with Gasteiger partial charge >= 0.3 is 11.9 Å². The number of carboxylic acids is 2. The minimum atomic E-state index is -1.39. The van der Waals surface area contributed by atoms with Crippen molar-refractivity contribution in [1.82, 2.24) is 10.2 Å². The zero-order valence-corrected chi connectivity index (χ0v) is 16.3. The minimum absolute atomic E-state index is 0.0793. The number of hydrogen-bond acceptors (Lipinski definition) is 5. The molecule has 3 aromatic rings. The van der Waals surface area contributed by atoms with Gasteiger partial charge in [0.15, 0.2) is 0 Å². The molecular formula is C22H19FN2O6. The monoisotopic (exact) mass is 426 g/mol. The summed E-state index contributed by atoms with van der Waals surface area (Å²) in [5, 5.41) is 25.5.